The molecule has 124 valence electrons. The maximum absolute atomic E-state index is 12.2. The van der Waals surface area contributed by atoms with E-state index in [-0.39, 0.29) is 18.1 Å². The number of carbonyl (C=O) groups excluding carboxylic acids is 2. The number of ether oxygens (including phenoxy) is 1. The van der Waals surface area contributed by atoms with Crippen LogP contribution in [0.5, 0.6) is 0 Å². The van der Waals surface area contributed by atoms with E-state index < -0.39 is 0 Å². The molecule has 5 heteroatoms. The van der Waals surface area contributed by atoms with Crippen LogP contribution >= 0.6 is 0 Å². The summed E-state index contributed by atoms with van der Waals surface area (Å²) in [6.45, 7) is 4.61. The Hall–Kier alpha value is -2.82. The Morgan fingerprint density at radius 2 is 1.88 bits per heavy atom. The van der Waals surface area contributed by atoms with E-state index in [2.05, 4.69) is 5.32 Å². The molecule has 0 aliphatic carbocycles. The van der Waals surface area contributed by atoms with Gasteiger partial charge in [-0.05, 0) is 37.6 Å². The molecule has 1 aliphatic heterocycles. The summed E-state index contributed by atoms with van der Waals surface area (Å²) in [4.78, 5) is 25.8. The number of rotatable bonds is 4. The number of aryl methyl sites for hydroxylation is 2. The average molecular weight is 324 g/mol. The van der Waals surface area contributed by atoms with Crippen molar-refractivity contribution in [1.82, 2.24) is 5.32 Å². The van der Waals surface area contributed by atoms with Crippen molar-refractivity contribution in [3.8, 4) is 0 Å². The fourth-order valence-electron chi connectivity index (χ4n) is 2.69. The van der Waals surface area contributed by atoms with Crippen LogP contribution in [0, 0.1) is 13.8 Å². The highest BCUT2D eigenvalue weighted by Crippen LogP contribution is 2.21. The van der Waals surface area contributed by atoms with Gasteiger partial charge in [0.1, 0.15) is 6.10 Å². The first-order valence-corrected chi connectivity index (χ1v) is 7.93. The van der Waals surface area contributed by atoms with Gasteiger partial charge in [-0.2, -0.15) is 0 Å². The van der Waals surface area contributed by atoms with Gasteiger partial charge in [0.25, 0.3) is 5.91 Å². The lowest BCUT2D eigenvalue weighted by atomic mass is 10.1. The summed E-state index contributed by atoms with van der Waals surface area (Å²) in [5, 5.41) is 2.84. The van der Waals surface area contributed by atoms with Gasteiger partial charge in [-0.3, -0.25) is 9.69 Å². The number of nitrogens with one attached hydrogen (secondary N) is 1. The van der Waals surface area contributed by atoms with E-state index in [0.29, 0.717) is 18.7 Å². The molecule has 0 spiro atoms. The first kappa shape index (κ1) is 16.1. The van der Waals surface area contributed by atoms with Crippen molar-refractivity contribution in [2.75, 3.05) is 18.0 Å². The first-order chi connectivity index (χ1) is 11.5. The molecule has 0 radical (unpaired) electrons. The number of hydrogen-bond acceptors (Lipinski definition) is 3. The normalized spacial score (nSPS) is 16.8. The third-order valence-electron chi connectivity index (χ3n) is 4.10. The molecule has 3 rings (SSSR count). The Labute approximate surface area is 141 Å². The molecule has 1 unspecified atom stereocenters. The summed E-state index contributed by atoms with van der Waals surface area (Å²) in [5.74, 6) is -0.155. The Morgan fingerprint density at radius 3 is 2.58 bits per heavy atom. The van der Waals surface area contributed by atoms with Crippen molar-refractivity contribution in [1.29, 1.82) is 0 Å². The highest BCUT2D eigenvalue weighted by molar-refractivity contribution is 5.95. The molecule has 0 bridgehead atoms. The fraction of sp³-hybridized carbons (Fsp3) is 0.263. The summed E-state index contributed by atoms with van der Waals surface area (Å²) in [6.07, 6.45) is -0.735. The molecule has 2 aromatic carbocycles. The summed E-state index contributed by atoms with van der Waals surface area (Å²) < 4.78 is 5.35. The molecule has 1 N–H and O–H groups in total. The Bertz CT molecular complexity index is 755. The van der Waals surface area contributed by atoms with Crippen LogP contribution in [0.3, 0.4) is 0 Å². The minimum Gasteiger partial charge on any atom is -0.442 e. The van der Waals surface area contributed by atoms with Crippen LogP contribution in [0.2, 0.25) is 0 Å². The third kappa shape index (κ3) is 3.40. The Balaban J connectivity index is 1.59. The molecule has 2 aromatic rings. The Morgan fingerprint density at radius 1 is 1.17 bits per heavy atom. The predicted octanol–water partition coefficient (Wildman–Crippen LogP) is 3.06. The van der Waals surface area contributed by atoms with Gasteiger partial charge in [-0.15, -0.1) is 0 Å². The number of amides is 2. The highest BCUT2D eigenvalue weighted by Gasteiger charge is 2.32. The molecule has 0 saturated carbocycles. The van der Waals surface area contributed by atoms with Gasteiger partial charge < -0.3 is 10.1 Å². The molecule has 1 aliphatic rings. The molecule has 1 saturated heterocycles. The van der Waals surface area contributed by atoms with E-state index in [9.17, 15) is 9.59 Å². The zero-order valence-electron chi connectivity index (χ0n) is 13.8. The van der Waals surface area contributed by atoms with Gasteiger partial charge in [0.15, 0.2) is 0 Å². The van der Waals surface area contributed by atoms with Gasteiger partial charge in [0.05, 0.1) is 13.1 Å². The van der Waals surface area contributed by atoms with Crippen molar-refractivity contribution in [2.24, 2.45) is 0 Å². The van der Waals surface area contributed by atoms with E-state index in [1.807, 2.05) is 56.3 Å². The summed E-state index contributed by atoms with van der Waals surface area (Å²) in [7, 11) is 0. The summed E-state index contributed by atoms with van der Waals surface area (Å²) in [5.41, 5.74) is 3.49. The molecular weight excluding hydrogens is 304 g/mol. The first-order valence-electron chi connectivity index (χ1n) is 7.93. The second kappa shape index (κ2) is 6.74. The number of cyclic esters (lactones) is 1. The second-order valence-electron chi connectivity index (χ2n) is 5.98. The maximum Gasteiger partial charge on any atom is 0.414 e. The number of nitrogens with zero attached hydrogens (tertiary/aromatic N) is 1. The van der Waals surface area contributed by atoms with Crippen molar-refractivity contribution >= 4 is 17.7 Å². The van der Waals surface area contributed by atoms with Crippen LogP contribution in [0.25, 0.3) is 0 Å². The zero-order chi connectivity index (χ0) is 17.1. The van der Waals surface area contributed by atoms with Gasteiger partial charge in [-0.25, -0.2) is 4.79 Å². The average Bonchev–Trinajstić information content (AvgIpc) is 2.95. The lowest BCUT2D eigenvalue weighted by molar-refractivity contribution is 0.0915. The van der Waals surface area contributed by atoms with E-state index in [0.717, 1.165) is 16.8 Å². The van der Waals surface area contributed by atoms with E-state index >= 15 is 0 Å². The molecule has 1 atom stereocenters. The standard InChI is InChI=1S/C19H20N2O3/c1-13-7-9-15(10-8-13)21-12-16(24-19(21)23)11-20-18(22)17-6-4-3-5-14(17)2/h3-10,16H,11-12H2,1-2H3,(H,20,22). The third-order valence-corrected chi connectivity index (χ3v) is 4.10. The minimum absolute atomic E-state index is 0.155. The van der Waals surface area contributed by atoms with Gasteiger partial charge >= 0.3 is 6.09 Å². The van der Waals surface area contributed by atoms with Crippen molar-refractivity contribution in [2.45, 2.75) is 20.0 Å². The SMILES string of the molecule is Cc1ccc(N2CC(CNC(=O)c3ccccc3C)OC2=O)cc1. The van der Waals surface area contributed by atoms with Crippen LogP contribution in [0.4, 0.5) is 10.5 Å². The number of anilines is 1. The topological polar surface area (TPSA) is 58.6 Å². The van der Waals surface area contributed by atoms with Gasteiger partial charge in [0.2, 0.25) is 0 Å². The second-order valence-corrected chi connectivity index (χ2v) is 5.98. The van der Waals surface area contributed by atoms with Gasteiger partial charge in [-0.1, -0.05) is 35.9 Å². The molecule has 24 heavy (non-hydrogen) atoms. The van der Waals surface area contributed by atoms with Crippen LogP contribution in [0.1, 0.15) is 21.5 Å². The van der Waals surface area contributed by atoms with E-state index in [1.165, 1.54) is 0 Å². The molecule has 5 nitrogen and oxygen atoms in total. The number of carbonyl (C=O) groups is 2. The zero-order valence-corrected chi connectivity index (χ0v) is 13.8. The van der Waals surface area contributed by atoms with Crippen molar-refractivity contribution < 1.29 is 14.3 Å². The maximum atomic E-state index is 12.2. The van der Waals surface area contributed by atoms with Crippen LogP contribution in [-0.2, 0) is 4.74 Å². The lowest BCUT2D eigenvalue weighted by Gasteiger charge is -2.13. The number of hydrogen-bond donors (Lipinski definition) is 1. The Kier molecular flexibility index (Phi) is 4.51. The van der Waals surface area contributed by atoms with E-state index in [4.69, 9.17) is 4.74 Å². The summed E-state index contributed by atoms with van der Waals surface area (Å²) in [6, 6.07) is 15.1. The smallest absolute Gasteiger partial charge is 0.414 e. The van der Waals surface area contributed by atoms with Crippen molar-refractivity contribution in [3.63, 3.8) is 0 Å². The predicted molar refractivity (Wildman–Crippen MR) is 92.3 cm³/mol. The lowest BCUT2D eigenvalue weighted by Crippen LogP contribution is -2.34. The molecule has 2 amide bonds. The summed E-state index contributed by atoms with van der Waals surface area (Å²) >= 11 is 0. The van der Waals surface area contributed by atoms with E-state index in [1.54, 1.807) is 11.0 Å². The molecule has 0 aromatic heterocycles. The molecule has 1 fully saturated rings. The quantitative estimate of drug-likeness (QED) is 0.940. The van der Waals surface area contributed by atoms with Gasteiger partial charge in [0, 0.05) is 11.3 Å². The van der Waals surface area contributed by atoms with Crippen LogP contribution in [0.15, 0.2) is 48.5 Å². The van der Waals surface area contributed by atoms with Crippen molar-refractivity contribution in [3.05, 3.63) is 65.2 Å². The minimum atomic E-state index is -0.381. The number of benzene rings is 2. The molecule has 1 heterocycles. The van der Waals surface area contributed by atoms with Crippen LogP contribution < -0.4 is 10.2 Å². The van der Waals surface area contributed by atoms with Crippen LogP contribution in [-0.4, -0.2) is 31.2 Å². The monoisotopic (exact) mass is 324 g/mol. The largest absolute Gasteiger partial charge is 0.442 e. The fourth-order valence-corrected chi connectivity index (χ4v) is 2.69. The highest BCUT2D eigenvalue weighted by atomic mass is 16.6. The molecular formula is C19H20N2O3.